The molecule has 2 aromatic carbocycles. The van der Waals surface area contributed by atoms with Gasteiger partial charge in [0.05, 0.1) is 18.0 Å². The van der Waals surface area contributed by atoms with Gasteiger partial charge in [-0.15, -0.1) is 0 Å². The summed E-state index contributed by atoms with van der Waals surface area (Å²) in [5, 5.41) is 9.59. The van der Waals surface area contributed by atoms with E-state index in [0.29, 0.717) is 13.1 Å². The van der Waals surface area contributed by atoms with E-state index in [0.717, 1.165) is 29.3 Å². The van der Waals surface area contributed by atoms with Crippen LogP contribution in [0.4, 0.5) is 0 Å². The highest BCUT2D eigenvalue weighted by molar-refractivity contribution is 5.92. The molecule has 0 fully saturated rings. The van der Waals surface area contributed by atoms with E-state index in [1.54, 1.807) is 13.1 Å². The van der Waals surface area contributed by atoms with E-state index in [2.05, 4.69) is 20.9 Å². The standard InChI is InChI=1S/C26H31N5O3/c1-18(25(33)30-17-20-11-5-13-22-21(20)12-7-15-28-22)31-26(34)23(16-24(27)32)29-14-6-10-19-8-3-2-4-9-19/h2-5,7-9,11-13,15,18,23,29H,6,10,14,16-17H2,1H3,(H2,27,32)(H,30,33)(H,31,34). The summed E-state index contributed by atoms with van der Waals surface area (Å²) in [6.45, 7) is 2.45. The number of pyridine rings is 1. The predicted octanol–water partition coefficient (Wildman–Crippen LogP) is 1.82. The van der Waals surface area contributed by atoms with Crippen LogP contribution in [0.1, 0.15) is 30.9 Å². The predicted molar refractivity (Wildman–Crippen MR) is 132 cm³/mol. The van der Waals surface area contributed by atoms with Gasteiger partial charge in [-0.25, -0.2) is 0 Å². The average molecular weight is 462 g/mol. The Labute approximate surface area is 199 Å². The van der Waals surface area contributed by atoms with Crippen molar-refractivity contribution >= 4 is 28.6 Å². The SMILES string of the molecule is CC(NC(=O)C(CC(N)=O)NCCCc1ccccc1)C(=O)NCc1cccc2ncccc12. The minimum absolute atomic E-state index is 0.144. The van der Waals surface area contributed by atoms with Crippen molar-refractivity contribution in [3.8, 4) is 0 Å². The number of hydrogen-bond donors (Lipinski definition) is 4. The van der Waals surface area contributed by atoms with Crippen LogP contribution in [0.5, 0.6) is 0 Å². The Morgan fingerprint density at radius 1 is 0.971 bits per heavy atom. The molecule has 178 valence electrons. The molecule has 8 heteroatoms. The number of benzene rings is 2. The normalized spacial score (nSPS) is 12.6. The van der Waals surface area contributed by atoms with E-state index in [-0.39, 0.29) is 12.3 Å². The third-order valence-electron chi connectivity index (χ3n) is 5.54. The number of aryl methyl sites for hydroxylation is 1. The van der Waals surface area contributed by atoms with Crippen molar-refractivity contribution < 1.29 is 14.4 Å². The molecule has 0 aliphatic rings. The molecule has 0 radical (unpaired) electrons. The zero-order valence-electron chi connectivity index (χ0n) is 19.3. The van der Waals surface area contributed by atoms with E-state index in [4.69, 9.17) is 5.73 Å². The van der Waals surface area contributed by atoms with E-state index in [9.17, 15) is 14.4 Å². The van der Waals surface area contributed by atoms with Crippen molar-refractivity contribution in [3.63, 3.8) is 0 Å². The molecule has 0 saturated heterocycles. The highest BCUT2D eigenvalue weighted by Crippen LogP contribution is 2.16. The molecule has 0 bridgehead atoms. The smallest absolute Gasteiger partial charge is 0.242 e. The largest absolute Gasteiger partial charge is 0.370 e. The third kappa shape index (κ3) is 7.38. The topological polar surface area (TPSA) is 126 Å². The Morgan fingerprint density at radius 2 is 1.76 bits per heavy atom. The lowest BCUT2D eigenvalue weighted by Gasteiger charge is -2.20. The van der Waals surface area contributed by atoms with Crippen LogP contribution in [-0.2, 0) is 27.3 Å². The molecule has 5 N–H and O–H groups in total. The second kappa shape index (κ2) is 12.5. The molecule has 0 spiro atoms. The van der Waals surface area contributed by atoms with Crippen molar-refractivity contribution in [2.45, 2.75) is 44.8 Å². The Balaban J connectivity index is 1.49. The lowest BCUT2D eigenvalue weighted by atomic mass is 10.1. The Hall–Kier alpha value is -3.78. The summed E-state index contributed by atoms with van der Waals surface area (Å²) in [6, 6.07) is 18.0. The minimum atomic E-state index is -0.798. The molecular weight excluding hydrogens is 430 g/mol. The number of nitrogens with one attached hydrogen (secondary N) is 3. The fourth-order valence-corrected chi connectivity index (χ4v) is 3.71. The Kier molecular flexibility index (Phi) is 9.11. The van der Waals surface area contributed by atoms with Crippen molar-refractivity contribution in [3.05, 3.63) is 78.0 Å². The number of fused-ring (bicyclic) bond motifs is 1. The van der Waals surface area contributed by atoms with Gasteiger partial charge in [0.1, 0.15) is 6.04 Å². The summed E-state index contributed by atoms with van der Waals surface area (Å²) < 4.78 is 0. The first kappa shape index (κ1) is 24.9. The zero-order chi connectivity index (χ0) is 24.3. The number of carbonyl (C=O) groups excluding carboxylic acids is 3. The Bertz CT molecular complexity index is 1110. The fourth-order valence-electron chi connectivity index (χ4n) is 3.71. The molecule has 0 aliphatic carbocycles. The van der Waals surface area contributed by atoms with E-state index >= 15 is 0 Å². The maximum Gasteiger partial charge on any atom is 0.242 e. The summed E-state index contributed by atoms with van der Waals surface area (Å²) in [5.74, 6) is -1.34. The average Bonchev–Trinajstić information content (AvgIpc) is 2.84. The second-order valence-electron chi connectivity index (χ2n) is 8.20. The van der Waals surface area contributed by atoms with Gasteiger partial charge in [-0.2, -0.15) is 0 Å². The number of rotatable bonds is 12. The van der Waals surface area contributed by atoms with Gasteiger partial charge in [-0.1, -0.05) is 48.5 Å². The molecule has 34 heavy (non-hydrogen) atoms. The highest BCUT2D eigenvalue weighted by atomic mass is 16.2. The van der Waals surface area contributed by atoms with Crippen LogP contribution in [0.3, 0.4) is 0 Å². The number of nitrogens with two attached hydrogens (primary N) is 1. The second-order valence-corrected chi connectivity index (χ2v) is 8.20. The number of carbonyl (C=O) groups is 3. The van der Waals surface area contributed by atoms with Crippen LogP contribution in [0, 0.1) is 0 Å². The maximum absolute atomic E-state index is 12.7. The molecule has 1 aromatic heterocycles. The fraction of sp³-hybridized carbons (Fsp3) is 0.308. The van der Waals surface area contributed by atoms with Crippen molar-refractivity contribution in [2.75, 3.05) is 6.54 Å². The first-order valence-corrected chi connectivity index (χ1v) is 11.4. The molecular formula is C26H31N5O3. The number of primary amides is 1. The lowest BCUT2D eigenvalue weighted by molar-refractivity contribution is -0.131. The van der Waals surface area contributed by atoms with Gasteiger partial charge in [-0.3, -0.25) is 19.4 Å². The van der Waals surface area contributed by atoms with E-state index in [1.165, 1.54) is 5.56 Å². The molecule has 0 saturated carbocycles. The van der Waals surface area contributed by atoms with Gasteiger partial charge in [0.15, 0.2) is 0 Å². The van der Waals surface area contributed by atoms with Crippen LogP contribution in [0.25, 0.3) is 10.9 Å². The van der Waals surface area contributed by atoms with Gasteiger partial charge in [0, 0.05) is 18.1 Å². The summed E-state index contributed by atoms with van der Waals surface area (Å²) in [7, 11) is 0. The molecule has 8 nitrogen and oxygen atoms in total. The Morgan fingerprint density at radius 3 is 2.53 bits per heavy atom. The van der Waals surface area contributed by atoms with Crippen LogP contribution in [0.2, 0.25) is 0 Å². The zero-order valence-corrected chi connectivity index (χ0v) is 19.3. The molecule has 0 aliphatic heterocycles. The van der Waals surface area contributed by atoms with Crippen molar-refractivity contribution in [1.29, 1.82) is 0 Å². The van der Waals surface area contributed by atoms with Crippen LogP contribution in [-0.4, -0.2) is 41.3 Å². The van der Waals surface area contributed by atoms with Gasteiger partial charge in [0.25, 0.3) is 0 Å². The summed E-state index contributed by atoms with van der Waals surface area (Å²) in [5.41, 5.74) is 8.32. The van der Waals surface area contributed by atoms with Crippen LogP contribution in [0.15, 0.2) is 66.9 Å². The van der Waals surface area contributed by atoms with Gasteiger partial charge in [-0.05, 0) is 49.6 Å². The van der Waals surface area contributed by atoms with Crippen LogP contribution < -0.4 is 21.7 Å². The first-order valence-electron chi connectivity index (χ1n) is 11.4. The molecule has 2 atom stereocenters. The number of amides is 3. The summed E-state index contributed by atoms with van der Waals surface area (Å²) >= 11 is 0. The number of nitrogens with zero attached hydrogens (tertiary/aromatic N) is 1. The van der Waals surface area contributed by atoms with Gasteiger partial charge in [0.2, 0.25) is 17.7 Å². The highest BCUT2D eigenvalue weighted by Gasteiger charge is 2.24. The molecule has 3 rings (SSSR count). The summed E-state index contributed by atoms with van der Waals surface area (Å²) in [6.07, 6.45) is 3.22. The molecule has 2 unspecified atom stereocenters. The molecule has 3 aromatic rings. The number of aromatic nitrogens is 1. The lowest BCUT2D eigenvalue weighted by Crippen LogP contribution is -2.52. The van der Waals surface area contributed by atoms with Crippen LogP contribution >= 0.6 is 0 Å². The van der Waals surface area contributed by atoms with E-state index < -0.39 is 23.9 Å². The molecule has 1 heterocycles. The van der Waals surface area contributed by atoms with Crippen molar-refractivity contribution in [1.82, 2.24) is 20.9 Å². The monoisotopic (exact) mass is 461 g/mol. The van der Waals surface area contributed by atoms with E-state index in [1.807, 2.05) is 60.7 Å². The summed E-state index contributed by atoms with van der Waals surface area (Å²) in [4.78, 5) is 41.1. The third-order valence-corrected chi connectivity index (χ3v) is 5.54. The van der Waals surface area contributed by atoms with Gasteiger partial charge >= 0.3 is 0 Å². The van der Waals surface area contributed by atoms with Gasteiger partial charge < -0.3 is 21.7 Å². The number of hydrogen-bond acceptors (Lipinski definition) is 5. The first-order chi connectivity index (χ1) is 16.4. The maximum atomic E-state index is 12.7. The minimum Gasteiger partial charge on any atom is -0.370 e. The van der Waals surface area contributed by atoms with Crippen molar-refractivity contribution in [2.24, 2.45) is 5.73 Å². The molecule has 3 amide bonds. The quantitative estimate of drug-likeness (QED) is 0.306.